The maximum absolute atomic E-state index is 8.99. The van der Waals surface area contributed by atoms with Gasteiger partial charge in [0.25, 0.3) is 0 Å². The van der Waals surface area contributed by atoms with Crippen molar-refractivity contribution in [3.8, 4) is 0 Å². The van der Waals surface area contributed by atoms with Gasteiger partial charge in [-0.2, -0.15) is 0 Å². The van der Waals surface area contributed by atoms with Crippen LogP contribution in [0.15, 0.2) is 60.7 Å². The zero-order valence-corrected chi connectivity index (χ0v) is 15.8. The third-order valence-corrected chi connectivity index (χ3v) is 5.68. The summed E-state index contributed by atoms with van der Waals surface area (Å²) in [5.41, 5.74) is 2.76. The van der Waals surface area contributed by atoms with Crippen molar-refractivity contribution in [2.45, 2.75) is 50.9 Å². The van der Waals surface area contributed by atoms with Crippen molar-refractivity contribution in [3.63, 3.8) is 0 Å². The molecule has 2 aromatic carbocycles. The molecule has 2 aromatic rings. The van der Waals surface area contributed by atoms with Crippen molar-refractivity contribution in [2.24, 2.45) is 0 Å². The van der Waals surface area contributed by atoms with Crippen LogP contribution in [0.3, 0.4) is 0 Å². The average molecular weight is 362 g/mol. The third-order valence-electron chi connectivity index (χ3n) is 4.66. The van der Waals surface area contributed by atoms with Gasteiger partial charge >= 0.3 is 139 Å². The normalized spacial score (nSPS) is 12.5. The summed E-state index contributed by atoms with van der Waals surface area (Å²) in [4.78, 5) is 27.0. The second-order valence-electron chi connectivity index (χ2n) is 6.81. The first-order chi connectivity index (χ1) is 12.1. The fraction of sp³-hybridized carbons (Fsp3) is 0.429. The van der Waals surface area contributed by atoms with E-state index in [0.29, 0.717) is 12.3 Å². The molecule has 0 fully saturated rings. The van der Waals surface area contributed by atoms with Gasteiger partial charge < -0.3 is 0 Å². The summed E-state index contributed by atoms with van der Waals surface area (Å²) >= 11 is 0. The Bertz CT molecular complexity index is 542. The molecule has 0 saturated heterocycles. The average Bonchev–Trinajstić information content (AvgIpc) is 2.61. The predicted octanol–water partition coefficient (Wildman–Crippen LogP) is 5.02. The van der Waals surface area contributed by atoms with Crippen LogP contribution in [-0.4, -0.2) is 20.8 Å². The van der Waals surface area contributed by atoms with Gasteiger partial charge in [0.05, 0.1) is 0 Å². The van der Waals surface area contributed by atoms with Crippen molar-refractivity contribution in [1.82, 2.24) is 0 Å². The standard InChI is InChI=1S/C21H31O3P/c22-25(23,24)18-12-4-2-1-3-11-17-21(19-13-7-5-8-14-19)20-15-9-6-10-16-20/h5-10,13-16,21-25H,1-4,11-12,17-18H2. The molecule has 0 atom stereocenters. The fourth-order valence-corrected chi connectivity index (χ4v) is 4.04. The van der Waals surface area contributed by atoms with Gasteiger partial charge in [-0.1, -0.05) is 12.1 Å². The molecule has 3 nitrogen and oxygen atoms in total. The Balaban J connectivity index is 1.74. The van der Waals surface area contributed by atoms with Crippen LogP contribution in [0.4, 0.5) is 0 Å². The van der Waals surface area contributed by atoms with Crippen molar-refractivity contribution in [2.75, 3.05) is 6.16 Å². The molecule has 138 valence electrons. The van der Waals surface area contributed by atoms with Gasteiger partial charge in [0.2, 0.25) is 0 Å². The van der Waals surface area contributed by atoms with E-state index in [4.69, 9.17) is 14.7 Å². The van der Waals surface area contributed by atoms with Gasteiger partial charge in [-0.25, -0.2) is 0 Å². The minimum absolute atomic E-state index is 0.164. The van der Waals surface area contributed by atoms with Crippen LogP contribution >= 0.6 is 7.94 Å². The SMILES string of the molecule is O[PH](O)(O)CCCCCCCCC(c1ccccc1)c1ccccc1. The topological polar surface area (TPSA) is 60.7 Å². The van der Waals surface area contributed by atoms with Crippen LogP contribution in [0.1, 0.15) is 62.0 Å². The molecule has 0 aromatic heterocycles. The molecule has 0 bridgehead atoms. The van der Waals surface area contributed by atoms with Gasteiger partial charge in [0, 0.05) is 0 Å². The summed E-state index contributed by atoms with van der Waals surface area (Å²) in [6.07, 6.45) is 7.59. The molecule has 2 rings (SSSR count). The van der Waals surface area contributed by atoms with Crippen molar-refractivity contribution in [1.29, 1.82) is 0 Å². The van der Waals surface area contributed by atoms with Gasteiger partial charge in [0.15, 0.2) is 0 Å². The van der Waals surface area contributed by atoms with Crippen molar-refractivity contribution in [3.05, 3.63) is 71.8 Å². The molecular weight excluding hydrogens is 331 g/mol. The van der Waals surface area contributed by atoms with E-state index in [2.05, 4.69) is 60.7 Å². The molecule has 0 aliphatic heterocycles. The van der Waals surface area contributed by atoms with Gasteiger partial charge in [0.1, 0.15) is 0 Å². The molecule has 0 aliphatic carbocycles. The predicted molar refractivity (Wildman–Crippen MR) is 107 cm³/mol. The van der Waals surface area contributed by atoms with Crippen LogP contribution in [0.25, 0.3) is 0 Å². The summed E-state index contributed by atoms with van der Waals surface area (Å²) in [6, 6.07) is 21.4. The summed E-state index contributed by atoms with van der Waals surface area (Å²) in [5.74, 6) is 0.451. The molecule has 0 heterocycles. The Morgan fingerprint density at radius 1 is 0.600 bits per heavy atom. The molecule has 0 aliphatic rings. The fourth-order valence-electron chi connectivity index (χ4n) is 3.31. The minimum atomic E-state index is -3.82. The van der Waals surface area contributed by atoms with Gasteiger partial charge in [-0.05, 0) is 0 Å². The first-order valence-electron chi connectivity index (χ1n) is 9.33. The zero-order chi connectivity index (χ0) is 18.0. The number of rotatable bonds is 11. The Hall–Kier alpha value is -1.25. The Labute approximate surface area is 152 Å². The number of benzene rings is 2. The van der Waals surface area contributed by atoms with E-state index in [9.17, 15) is 0 Å². The quantitative estimate of drug-likeness (QED) is 0.388. The molecule has 3 N–H and O–H groups in total. The molecular formula is C21H31O3P. The summed E-state index contributed by atoms with van der Waals surface area (Å²) < 4.78 is 0. The molecule has 25 heavy (non-hydrogen) atoms. The summed E-state index contributed by atoms with van der Waals surface area (Å²) in [5, 5.41) is 0. The van der Waals surface area contributed by atoms with E-state index < -0.39 is 7.94 Å². The van der Waals surface area contributed by atoms with E-state index in [-0.39, 0.29) is 6.16 Å². The molecule has 0 spiro atoms. The van der Waals surface area contributed by atoms with Crippen molar-refractivity contribution < 1.29 is 14.7 Å². The third kappa shape index (κ3) is 8.11. The molecule has 0 unspecified atom stereocenters. The molecule has 0 radical (unpaired) electrons. The van der Waals surface area contributed by atoms with Crippen LogP contribution in [0, 0.1) is 0 Å². The monoisotopic (exact) mass is 362 g/mol. The van der Waals surface area contributed by atoms with E-state index in [1.54, 1.807) is 0 Å². The number of unbranched alkanes of at least 4 members (excludes halogenated alkanes) is 5. The van der Waals surface area contributed by atoms with E-state index in [1.807, 2.05) is 0 Å². The number of hydrogen-bond acceptors (Lipinski definition) is 3. The number of hydrogen-bond donors (Lipinski definition) is 3. The van der Waals surface area contributed by atoms with Crippen LogP contribution in [0.5, 0.6) is 0 Å². The van der Waals surface area contributed by atoms with Crippen molar-refractivity contribution >= 4 is 7.94 Å². The first kappa shape index (κ1) is 20.1. The maximum atomic E-state index is 8.99. The Morgan fingerprint density at radius 2 is 1.04 bits per heavy atom. The van der Waals surface area contributed by atoms with Gasteiger partial charge in [-0.3, -0.25) is 0 Å². The molecule has 0 amide bonds. The molecule has 0 saturated carbocycles. The van der Waals surface area contributed by atoms with Crippen LogP contribution in [-0.2, 0) is 0 Å². The van der Waals surface area contributed by atoms with Gasteiger partial charge in [-0.15, -0.1) is 0 Å². The van der Waals surface area contributed by atoms with E-state index >= 15 is 0 Å². The second kappa shape index (κ2) is 10.7. The van der Waals surface area contributed by atoms with E-state index in [1.165, 1.54) is 24.0 Å². The van der Waals surface area contributed by atoms with E-state index in [0.717, 1.165) is 25.7 Å². The molecule has 4 heteroatoms. The van der Waals surface area contributed by atoms with Crippen LogP contribution in [0.2, 0.25) is 0 Å². The zero-order valence-electron chi connectivity index (χ0n) is 14.8. The van der Waals surface area contributed by atoms with Crippen LogP contribution < -0.4 is 0 Å². The summed E-state index contributed by atoms with van der Waals surface area (Å²) in [7, 11) is -3.82. The second-order valence-corrected chi connectivity index (χ2v) is 8.86. The Morgan fingerprint density at radius 3 is 1.52 bits per heavy atom. The first-order valence-corrected chi connectivity index (χ1v) is 11.4. The Kier molecular flexibility index (Phi) is 8.57. The summed E-state index contributed by atoms with van der Waals surface area (Å²) in [6.45, 7) is 0.